The number of nitrogens with zero attached hydrogens (tertiary/aromatic N) is 1. The fraction of sp³-hybridized carbons (Fsp3) is 0.167. The van der Waals surface area contributed by atoms with E-state index < -0.39 is 0 Å². The van der Waals surface area contributed by atoms with Gasteiger partial charge < -0.3 is 4.57 Å². The molecular formula is C12H12N2OS. The Bertz CT molecular complexity index is 598. The number of H-pyrrole nitrogens is 1. The summed E-state index contributed by atoms with van der Waals surface area (Å²) >= 11 is 5.13. The molecule has 1 aromatic carbocycles. The Balaban J connectivity index is 2.40. The average molecular weight is 232 g/mol. The first-order valence-corrected chi connectivity index (χ1v) is 5.40. The first-order chi connectivity index (χ1) is 7.66. The largest absolute Gasteiger partial charge is 0.326 e. The normalized spacial score (nSPS) is 10.3. The van der Waals surface area contributed by atoms with Gasteiger partial charge >= 0.3 is 5.69 Å². The van der Waals surface area contributed by atoms with Gasteiger partial charge in [-0.15, -0.1) is 0 Å². The third-order valence-corrected chi connectivity index (χ3v) is 2.78. The molecule has 1 heterocycles. The number of hydrogen-bond acceptors (Lipinski definition) is 2. The molecule has 2 aromatic rings. The van der Waals surface area contributed by atoms with E-state index in [1.54, 1.807) is 13.2 Å². The van der Waals surface area contributed by atoms with Crippen LogP contribution in [-0.2, 0) is 13.5 Å². The van der Waals surface area contributed by atoms with Crippen LogP contribution in [-0.4, -0.2) is 9.55 Å². The van der Waals surface area contributed by atoms with Crippen molar-refractivity contribution in [1.29, 1.82) is 0 Å². The Morgan fingerprint density at radius 3 is 2.69 bits per heavy atom. The SMILES string of the molecule is Cn1cc(Cc2ccccc2)c(=S)[nH]c1=O. The van der Waals surface area contributed by atoms with Gasteiger partial charge in [-0.2, -0.15) is 0 Å². The smallest absolute Gasteiger partial charge is 0.304 e. The van der Waals surface area contributed by atoms with Crippen molar-refractivity contribution in [2.45, 2.75) is 6.42 Å². The van der Waals surface area contributed by atoms with Crippen LogP contribution in [0.2, 0.25) is 0 Å². The van der Waals surface area contributed by atoms with E-state index in [-0.39, 0.29) is 5.69 Å². The zero-order valence-corrected chi connectivity index (χ0v) is 9.75. The molecule has 0 radical (unpaired) electrons. The zero-order chi connectivity index (χ0) is 11.5. The van der Waals surface area contributed by atoms with Gasteiger partial charge in [-0.3, -0.25) is 4.98 Å². The fourth-order valence-electron chi connectivity index (χ4n) is 1.56. The molecule has 0 saturated heterocycles. The van der Waals surface area contributed by atoms with Gasteiger partial charge in [0, 0.05) is 25.2 Å². The second-order valence-corrected chi connectivity index (χ2v) is 4.10. The molecule has 0 aliphatic carbocycles. The molecule has 3 nitrogen and oxygen atoms in total. The summed E-state index contributed by atoms with van der Waals surface area (Å²) in [6, 6.07) is 10.0. The molecule has 0 saturated carbocycles. The number of benzene rings is 1. The zero-order valence-electron chi connectivity index (χ0n) is 8.93. The number of aromatic amines is 1. The van der Waals surface area contributed by atoms with Crippen LogP contribution >= 0.6 is 12.2 Å². The quantitative estimate of drug-likeness (QED) is 0.805. The topological polar surface area (TPSA) is 37.8 Å². The molecular weight excluding hydrogens is 220 g/mol. The van der Waals surface area contributed by atoms with Crippen LogP contribution in [0.5, 0.6) is 0 Å². The highest BCUT2D eigenvalue weighted by molar-refractivity contribution is 7.71. The summed E-state index contributed by atoms with van der Waals surface area (Å²) in [5.41, 5.74) is 1.96. The number of nitrogens with one attached hydrogen (secondary N) is 1. The van der Waals surface area contributed by atoms with E-state index in [2.05, 4.69) is 4.98 Å². The van der Waals surface area contributed by atoms with Crippen LogP contribution in [0.25, 0.3) is 0 Å². The maximum Gasteiger partial charge on any atom is 0.326 e. The number of hydrogen-bond donors (Lipinski definition) is 1. The lowest BCUT2D eigenvalue weighted by atomic mass is 10.1. The van der Waals surface area contributed by atoms with Gasteiger partial charge in [-0.1, -0.05) is 42.5 Å². The number of aryl methyl sites for hydroxylation is 1. The van der Waals surface area contributed by atoms with E-state index in [4.69, 9.17) is 12.2 Å². The van der Waals surface area contributed by atoms with Crippen molar-refractivity contribution in [2.75, 3.05) is 0 Å². The van der Waals surface area contributed by atoms with Gasteiger partial charge in [0.15, 0.2) is 0 Å². The van der Waals surface area contributed by atoms with Gasteiger partial charge in [-0.05, 0) is 5.56 Å². The predicted molar refractivity (Wildman–Crippen MR) is 66.1 cm³/mol. The summed E-state index contributed by atoms with van der Waals surface area (Å²) in [7, 11) is 1.71. The second kappa shape index (κ2) is 4.45. The standard InChI is InChI=1S/C12H12N2OS/c1-14-8-10(11(16)13-12(14)15)7-9-5-3-2-4-6-9/h2-6,8H,7H2,1H3,(H,13,15,16). The van der Waals surface area contributed by atoms with Crippen LogP contribution in [0, 0.1) is 4.64 Å². The summed E-state index contributed by atoms with van der Waals surface area (Å²) in [6.07, 6.45) is 2.53. The minimum atomic E-state index is -0.179. The molecule has 0 atom stereocenters. The van der Waals surface area contributed by atoms with E-state index in [0.29, 0.717) is 4.64 Å². The van der Waals surface area contributed by atoms with Gasteiger partial charge in [0.05, 0.1) is 0 Å². The monoisotopic (exact) mass is 232 g/mol. The Morgan fingerprint density at radius 2 is 2.00 bits per heavy atom. The van der Waals surface area contributed by atoms with Crippen LogP contribution in [0.15, 0.2) is 41.3 Å². The lowest BCUT2D eigenvalue weighted by Gasteiger charge is -2.04. The highest BCUT2D eigenvalue weighted by Crippen LogP contribution is 2.07. The van der Waals surface area contributed by atoms with Crippen LogP contribution < -0.4 is 5.69 Å². The summed E-state index contributed by atoms with van der Waals surface area (Å²) in [5.74, 6) is 0. The first kappa shape index (κ1) is 10.8. The van der Waals surface area contributed by atoms with Gasteiger partial charge in [0.25, 0.3) is 0 Å². The Labute approximate surface area is 98.4 Å². The third kappa shape index (κ3) is 2.28. The molecule has 0 bridgehead atoms. The molecule has 0 fully saturated rings. The molecule has 4 heteroatoms. The minimum Gasteiger partial charge on any atom is -0.304 e. The molecule has 0 unspecified atom stereocenters. The van der Waals surface area contributed by atoms with Crippen molar-refractivity contribution >= 4 is 12.2 Å². The molecule has 1 aromatic heterocycles. The second-order valence-electron chi connectivity index (χ2n) is 3.69. The van der Waals surface area contributed by atoms with Crippen molar-refractivity contribution in [3.63, 3.8) is 0 Å². The molecule has 2 rings (SSSR count). The van der Waals surface area contributed by atoms with E-state index in [1.807, 2.05) is 30.3 Å². The Hall–Kier alpha value is -1.68. The summed E-state index contributed by atoms with van der Waals surface area (Å²) in [4.78, 5) is 13.9. The van der Waals surface area contributed by atoms with E-state index >= 15 is 0 Å². The average Bonchev–Trinajstić information content (AvgIpc) is 2.27. The summed E-state index contributed by atoms with van der Waals surface area (Å²) in [6.45, 7) is 0. The summed E-state index contributed by atoms with van der Waals surface area (Å²) < 4.78 is 2.03. The third-order valence-electron chi connectivity index (χ3n) is 2.42. The van der Waals surface area contributed by atoms with Crippen LogP contribution in [0.1, 0.15) is 11.1 Å². The van der Waals surface area contributed by atoms with Gasteiger partial charge in [-0.25, -0.2) is 4.79 Å². The molecule has 1 N–H and O–H groups in total. The first-order valence-electron chi connectivity index (χ1n) is 4.99. The Morgan fingerprint density at radius 1 is 1.31 bits per heavy atom. The van der Waals surface area contributed by atoms with E-state index in [9.17, 15) is 4.79 Å². The van der Waals surface area contributed by atoms with Crippen molar-refractivity contribution in [2.24, 2.45) is 7.05 Å². The molecule has 16 heavy (non-hydrogen) atoms. The molecule has 0 amide bonds. The van der Waals surface area contributed by atoms with Crippen molar-refractivity contribution in [1.82, 2.24) is 9.55 Å². The predicted octanol–water partition coefficient (Wildman–Crippen LogP) is 2.03. The lowest BCUT2D eigenvalue weighted by molar-refractivity contribution is 0.790. The molecule has 0 spiro atoms. The Kier molecular flexibility index (Phi) is 3.01. The maximum absolute atomic E-state index is 11.3. The molecule has 0 aliphatic heterocycles. The maximum atomic E-state index is 11.3. The van der Waals surface area contributed by atoms with Crippen molar-refractivity contribution < 1.29 is 0 Å². The van der Waals surface area contributed by atoms with Crippen LogP contribution in [0.3, 0.4) is 0 Å². The van der Waals surface area contributed by atoms with Gasteiger partial charge in [0.1, 0.15) is 4.64 Å². The molecule has 0 aliphatic rings. The van der Waals surface area contributed by atoms with Gasteiger partial charge in [0.2, 0.25) is 0 Å². The highest BCUT2D eigenvalue weighted by Gasteiger charge is 2.00. The molecule has 82 valence electrons. The fourth-order valence-corrected chi connectivity index (χ4v) is 1.77. The van der Waals surface area contributed by atoms with Crippen LogP contribution in [0.4, 0.5) is 0 Å². The van der Waals surface area contributed by atoms with Crippen molar-refractivity contribution in [3.05, 3.63) is 62.8 Å². The number of aromatic nitrogens is 2. The van der Waals surface area contributed by atoms with Crippen molar-refractivity contribution in [3.8, 4) is 0 Å². The highest BCUT2D eigenvalue weighted by atomic mass is 32.1. The minimum absolute atomic E-state index is 0.179. The van der Waals surface area contributed by atoms with E-state index in [0.717, 1.165) is 12.0 Å². The number of rotatable bonds is 2. The summed E-state index contributed by atoms with van der Waals surface area (Å²) in [5, 5.41) is 0. The lowest BCUT2D eigenvalue weighted by Crippen LogP contribution is -2.20. The van der Waals surface area contributed by atoms with E-state index in [1.165, 1.54) is 10.1 Å².